The first-order valence-corrected chi connectivity index (χ1v) is 14.0. The molecule has 0 aliphatic carbocycles. The number of carbonyl (C=O) groups excluding carboxylic acids is 2. The molecule has 4 aromatic carbocycles. The number of hydrogen-bond acceptors (Lipinski definition) is 5. The summed E-state index contributed by atoms with van der Waals surface area (Å²) >= 11 is 6.91. The number of benzene rings is 4. The molecule has 9 heteroatoms. The van der Waals surface area contributed by atoms with Crippen molar-refractivity contribution in [2.45, 2.75) is 23.5 Å². The monoisotopic (exact) mass is 565 g/mol. The number of thioether (sulfide) groups is 1. The third-order valence-electron chi connectivity index (χ3n) is 6.04. The molecule has 1 atom stereocenters. The van der Waals surface area contributed by atoms with Gasteiger partial charge in [-0.25, -0.2) is 0 Å². The largest absolute Gasteiger partial charge is 0.332 e. The summed E-state index contributed by atoms with van der Waals surface area (Å²) in [4.78, 5) is 27.0. The van der Waals surface area contributed by atoms with Crippen molar-refractivity contribution in [3.8, 4) is 0 Å². The molecule has 0 bridgehead atoms. The number of hydrogen-bond donors (Lipinski definition) is 3. The molecule has 0 fully saturated rings. The number of amides is 2. The molecule has 1 heterocycles. The van der Waals surface area contributed by atoms with Crippen molar-refractivity contribution in [1.29, 1.82) is 0 Å². The molecule has 40 heavy (non-hydrogen) atoms. The Bertz CT molecular complexity index is 1540. The first kappa shape index (κ1) is 27.1. The van der Waals surface area contributed by atoms with E-state index < -0.39 is 5.25 Å². The van der Waals surface area contributed by atoms with Gasteiger partial charge in [-0.05, 0) is 67.2 Å². The van der Waals surface area contributed by atoms with Gasteiger partial charge in [0.1, 0.15) is 11.1 Å². The van der Waals surface area contributed by atoms with Crippen molar-refractivity contribution in [2.75, 3.05) is 15.6 Å². The van der Waals surface area contributed by atoms with Crippen LogP contribution in [0.5, 0.6) is 0 Å². The van der Waals surface area contributed by atoms with E-state index in [-0.39, 0.29) is 18.2 Å². The van der Waals surface area contributed by atoms with Gasteiger partial charge in [0.25, 0.3) is 5.91 Å². The van der Waals surface area contributed by atoms with Crippen LogP contribution in [0.25, 0.3) is 0 Å². The lowest BCUT2D eigenvalue weighted by molar-refractivity contribution is -0.119. The lowest BCUT2D eigenvalue weighted by atomic mass is 10.1. The van der Waals surface area contributed by atoms with Crippen molar-refractivity contribution in [3.05, 3.63) is 120 Å². The Labute approximate surface area is 242 Å². The standard InChI is InChI=1S/C31H27N5O2S2/c1-21-15-17-23(18-16-21)32-31(39)33-24-11-8-14-26(19-24)40-29(22-9-4-2-5-10-22)30(38)34-27-20-28(37)36(35-27)25-12-6-3-7-13-25/h2-19,29H,20H2,1H3,(H2,32,33,39)(H,34,35,38). The van der Waals surface area contributed by atoms with E-state index in [1.807, 2.05) is 104 Å². The van der Waals surface area contributed by atoms with E-state index >= 15 is 0 Å². The van der Waals surface area contributed by atoms with Crippen molar-refractivity contribution < 1.29 is 9.59 Å². The Morgan fingerprint density at radius 2 is 1.52 bits per heavy atom. The second-order valence-electron chi connectivity index (χ2n) is 9.14. The smallest absolute Gasteiger partial charge is 0.255 e. The summed E-state index contributed by atoms with van der Waals surface area (Å²) < 4.78 is 0. The summed E-state index contributed by atoms with van der Waals surface area (Å²) in [5.41, 5.74) is 4.36. The zero-order valence-corrected chi connectivity index (χ0v) is 23.3. The molecule has 3 N–H and O–H groups in total. The van der Waals surface area contributed by atoms with E-state index in [1.54, 1.807) is 12.1 Å². The molecule has 7 nitrogen and oxygen atoms in total. The number of aryl methyl sites for hydroxylation is 1. The van der Waals surface area contributed by atoms with Crippen molar-refractivity contribution in [2.24, 2.45) is 5.10 Å². The molecule has 200 valence electrons. The summed E-state index contributed by atoms with van der Waals surface area (Å²) in [6.45, 7) is 2.03. The van der Waals surface area contributed by atoms with Crippen LogP contribution in [0.4, 0.5) is 17.1 Å². The molecule has 2 amide bonds. The second kappa shape index (κ2) is 12.6. The van der Waals surface area contributed by atoms with Crippen LogP contribution in [0.1, 0.15) is 22.8 Å². The third-order valence-corrected chi connectivity index (χ3v) is 7.49. The van der Waals surface area contributed by atoms with Crippen LogP contribution in [0.2, 0.25) is 0 Å². The van der Waals surface area contributed by atoms with E-state index in [0.717, 1.165) is 21.8 Å². The molecule has 0 aromatic heterocycles. The zero-order chi connectivity index (χ0) is 27.9. The number of hydrazone groups is 1. The van der Waals surface area contributed by atoms with Gasteiger partial charge >= 0.3 is 0 Å². The quantitative estimate of drug-likeness (QED) is 0.175. The second-order valence-corrected chi connectivity index (χ2v) is 10.7. The fourth-order valence-electron chi connectivity index (χ4n) is 4.09. The number of nitrogens with zero attached hydrogens (tertiary/aromatic N) is 2. The van der Waals surface area contributed by atoms with Gasteiger partial charge in [0.2, 0.25) is 5.91 Å². The van der Waals surface area contributed by atoms with Gasteiger partial charge in [-0.2, -0.15) is 10.1 Å². The van der Waals surface area contributed by atoms with Crippen LogP contribution in [0.3, 0.4) is 0 Å². The number of carbonyl (C=O) groups is 2. The van der Waals surface area contributed by atoms with Gasteiger partial charge in [-0.15, -0.1) is 11.8 Å². The summed E-state index contributed by atoms with van der Waals surface area (Å²) in [7, 11) is 0. The Morgan fingerprint density at radius 1 is 0.850 bits per heavy atom. The summed E-state index contributed by atoms with van der Waals surface area (Å²) in [5.74, 6) is -0.129. The van der Waals surface area contributed by atoms with E-state index in [1.165, 1.54) is 22.3 Å². The Morgan fingerprint density at radius 3 is 2.25 bits per heavy atom. The first-order chi connectivity index (χ1) is 19.4. The lowest BCUT2D eigenvalue weighted by Gasteiger charge is -2.18. The summed E-state index contributed by atoms with van der Waals surface area (Å²) in [5, 5.41) is 14.9. The predicted molar refractivity (Wildman–Crippen MR) is 167 cm³/mol. The number of rotatable bonds is 7. The Hall–Kier alpha value is -4.47. The van der Waals surface area contributed by atoms with Crippen LogP contribution < -0.4 is 21.0 Å². The zero-order valence-electron chi connectivity index (χ0n) is 21.7. The van der Waals surface area contributed by atoms with E-state index in [9.17, 15) is 9.59 Å². The average Bonchev–Trinajstić information content (AvgIpc) is 3.33. The van der Waals surface area contributed by atoms with Gasteiger partial charge in [0.05, 0.1) is 12.1 Å². The first-order valence-electron chi connectivity index (χ1n) is 12.7. The number of anilines is 3. The third kappa shape index (κ3) is 6.93. The number of amidine groups is 1. The Balaban J connectivity index is 1.30. The highest BCUT2D eigenvalue weighted by molar-refractivity contribution is 8.00. The fourth-order valence-corrected chi connectivity index (χ4v) is 5.41. The SMILES string of the molecule is Cc1ccc(NC(=S)Nc2cccc(SC(C(=O)NC3=NN(c4ccccc4)C(=O)C3)c3ccccc3)c2)cc1. The normalized spacial score (nSPS) is 13.4. The van der Waals surface area contributed by atoms with E-state index in [0.29, 0.717) is 16.6 Å². The van der Waals surface area contributed by atoms with Gasteiger partial charge < -0.3 is 16.0 Å². The Kier molecular flexibility index (Phi) is 8.53. The number of para-hydroxylation sites is 1. The van der Waals surface area contributed by atoms with Gasteiger partial charge in [0.15, 0.2) is 5.11 Å². The number of thiocarbonyl (C=S) groups is 1. The molecule has 0 radical (unpaired) electrons. The molecule has 5 rings (SSSR count). The van der Waals surface area contributed by atoms with Crippen LogP contribution in [-0.2, 0) is 9.59 Å². The fraction of sp³-hybridized carbons (Fsp3) is 0.0968. The topological polar surface area (TPSA) is 85.8 Å². The molecule has 0 saturated heterocycles. The maximum atomic E-state index is 13.6. The van der Waals surface area contributed by atoms with Gasteiger partial charge in [-0.1, -0.05) is 72.3 Å². The van der Waals surface area contributed by atoms with Gasteiger partial charge in [0, 0.05) is 16.3 Å². The molecular formula is C31H27N5O2S2. The highest BCUT2D eigenvalue weighted by Gasteiger charge is 2.29. The molecule has 1 unspecified atom stereocenters. The van der Waals surface area contributed by atoms with Crippen molar-refractivity contribution in [3.63, 3.8) is 0 Å². The molecule has 1 aliphatic heterocycles. The van der Waals surface area contributed by atoms with Crippen LogP contribution in [0.15, 0.2) is 119 Å². The minimum atomic E-state index is -0.572. The van der Waals surface area contributed by atoms with Gasteiger partial charge in [-0.3, -0.25) is 9.59 Å². The van der Waals surface area contributed by atoms with Crippen molar-refractivity contribution in [1.82, 2.24) is 5.32 Å². The molecule has 0 spiro atoms. The predicted octanol–water partition coefficient (Wildman–Crippen LogP) is 6.50. The average molecular weight is 566 g/mol. The molecular weight excluding hydrogens is 539 g/mol. The van der Waals surface area contributed by atoms with Crippen LogP contribution in [-0.4, -0.2) is 22.8 Å². The van der Waals surface area contributed by atoms with Crippen LogP contribution in [0, 0.1) is 6.92 Å². The minimum Gasteiger partial charge on any atom is -0.332 e. The highest BCUT2D eigenvalue weighted by Crippen LogP contribution is 2.36. The number of nitrogens with one attached hydrogen (secondary N) is 3. The lowest BCUT2D eigenvalue weighted by Crippen LogP contribution is -2.33. The maximum Gasteiger partial charge on any atom is 0.255 e. The van der Waals surface area contributed by atoms with Crippen LogP contribution >= 0.6 is 24.0 Å². The molecule has 0 saturated carbocycles. The summed E-state index contributed by atoms with van der Waals surface area (Å²) in [6.07, 6.45) is 0.0254. The maximum absolute atomic E-state index is 13.6. The van der Waals surface area contributed by atoms with E-state index in [2.05, 4.69) is 21.1 Å². The molecule has 4 aromatic rings. The molecule has 1 aliphatic rings. The van der Waals surface area contributed by atoms with E-state index in [4.69, 9.17) is 12.2 Å². The minimum absolute atomic E-state index is 0.0254. The van der Waals surface area contributed by atoms with Crippen molar-refractivity contribution >= 4 is 63.8 Å². The summed E-state index contributed by atoms with van der Waals surface area (Å²) in [6, 6.07) is 34.4. The highest BCUT2D eigenvalue weighted by atomic mass is 32.2.